The number of Topliss-reactive ketones (excluding diaryl/α,β-unsaturated/α-hetero) is 1. The molecular weight excluding hydrogens is 398 g/mol. The highest BCUT2D eigenvalue weighted by Crippen LogP contribution is 2.25. The van der Waals surface area contributed by atoms with Crippen LogP contribution in [0.1, 0.15) is 57.9 Å². The van der Waals surface area contributed by atoms with Crippen LogP contribution < -0.4 is 5.32 Å². The van der Waals surface area contributed by atoms with Gasteiger partial charge in [0.25, 0.3) is 5.91 Å². The Morgan fingerprint density at radius 3 is 2.35 bits per heavy atom. The molecule has 1 saturated heterocycles. The number of aromatic amines is 1. The van der Waals surface area contributed by atoms with Crippen molar-refractivity contribution >= 4 is 23.7 Å². The minimum atomic E-state index is -1.10. The van der Waals surface area contributed by atoms with Gasteiger partial charge in [0.15, 0.2) is 5.78 Å². The summed E-state index contributed by atoms with van der Waals surface area (Å²) in [6.07, 6.45) is 1.01. The van der Waals surface area contributed by atoms with E-state index in [1.165, 1.54) is 0 Å². The van der Waals surface area contributed by atoms with E-state index in [9.17, 15) is 19.2 Å². The molecule has 0 bridgehead atoms. The number of H-pyrrole nitrogens is 1. The summed E-state index contributed by atoms with van der Waals surface area (Å²) in [7, 11) is 0. The molecule has 8 nitrogen and oxygen atoms in total. The Labute approximate surface area is 181 Å². The van der Waals surface area contributed by atoms with Crippen molar-refractivity contribution < 1.29 is 23.9 Å². The standard InChI is InChI=1S/C23H27N3O5/c1-5-31-20(28)19-15(3)24-14(2)18(19)17(27)13-26-21(29)23(4,25-22(26)30)12-11-16-9-7-6-8-10-16/h6-10,24H,5,11-13H2,1-4H3,(H,25,30)/t23-/m0/s1. The summed E-state index contributed by atoms with van der Waals surface area (Å²) < 4.78 is 5.06. The summed E-state index contributed by atoms with van der Waals surface area (Å²) in [5, 5.41) is 2.72. The maximum absolute atomic E-state index is 13.0. The first-order valence-electron chi connectivity index (χ1n) is 10.3. The van der Waals surface area contributed by atoms with Gasteiger partial charge in [-0.3, -0.25) is 14.5 Å². The minimum absolute atomic E-state index is 0.142. The average molecular weight is 425 g/mol. The van der Waals surface area contributed by atoms with E-state index in [-0.39, 0.29) is 17.7 Å². The van der Waals surface area contributed by atoms with E-state index in [0.717, 1.165) is 10.5 Å². The summed E-state index contributed by atoms with van der Waals surface area (Å²) in [6, 6.07) is 9.05. The predicted molar refractivity (Wildman–Crippen MR) is 114 cm³/mol. The van der Waals surface area contributed by atoms with Gasteiger partial charge >= 0.3 is 12.0 Å². The first-order valence-corrected chi connectivity index (χ1v) is 10.3. The third-order valence-corrected chi connectivity index (χ3v) is 5.54. The van der Waals surface area contributed by atoms with E-state index in [4.69, 9.17) is 4.74 Å². The molecule has 3 amide bonds. The van der Waals surface area contributed by atoms with Crippen molar-refractivity contribution in [3.63, 3.8) is 0 Å². The smallest absolute Gasteiger partial charge is 0.340 e. The van der Waals surface area contributed by atoms with Crippen LogP contribution in [-0.2, 0) is 16.0 Å². The lowest BCUT2D eigenvalue weighted by molar-refractivity contribution is -0.130. The number of esters is 1. The first kappa shape index (κ1) is 22.3. The Morgan fingerprint density at radius 2 is 1.71 bits per heavy atom. The van der Waals surface area contributed by atoms with Gasteiger partial charge in [-0.15, -0.1) is 0 Å². The number of carbonyl (C=O) groups is 4. The van der Waals surface area contributed by atoms with Crippen molar-refractivity contribution in [2.75, 3.05) is 13.2 Å². The van der Waals surface area contributed by atoms with E-state index in [1.54, 1.807) is 27.7 Å². The van der Waals surface area contributed by atoms with Crippen molar-refractivity contribution in [3.8, 4) is 0 Å². The summed E-state index contributed by atoms with van der Waals surface area (Å²) in [6.45, 7) is 6.40. The van der Waals surface area contributed by atoms with Crippen LogP contribution in [-0.4, -0.2) is 52.3 Å². The van der Waals surface area contributed by atoms with Crippen molar-refractivity contribution in [1.82, 2.24) is 15.2 Å². The zero-order valence-corrected chi connectivity index (χ0v) is 18.2. The van der Waals surface area contributed by atoms with E-state index in [2.05, 4.69) is 10.3 Å². The summed E-state index contributed by atoms with van der Waals surface area (Å²) in [4.78, 5) is 54.8. The Kier molecular flexibility index (Phi) is 6.29. The van der Waals surface area contributed by atoms with Gasteiger partial charge < -0.3 is 15.0 Å². The molecule has 2 heterocycles. The number of hydrogen-bond acceptors (Lipinski definition) is 5. The number of nitrogens with one attached hydrogen (secondary N) is 2. The van der Waals surface area contributed by atoms with Gasteiger partial charge in [-0.2, -0.15) is 0 Å². The highest BCUT2D eigenvalue weighted by molar-refractivity contribution is 6.14. The number of rotatable bonds is 8. The molecule has 1 fully saturated rings. The van der Waals surface area contributed by atoms with Crippen LogP contribution in [0.3, 0.4) is 0 Å². The third kappa shape index (κ3) is 4.38. The topological polar surface area (TPSA) is 109 Å². The lowest BCUT2D eigenvalue weighted by Gasteiger charge is -2.21. The Bertz CT molecular complexity index is 1030. The minimum Gasteiger partial charge on any atom is -0.462 e. The van der Waals surface area contributed by atoms with Gasteiger partial charge in [-0.25, -0.2) is 9.59 Å². The number of aromatic nitrogens is 1. The molecule has 0 saturated carbocycles. The van der Waals surface area contributed by atoms with Gasteiger partial charge in [0.2, 0.25) is 0 Å². The Morgan fingerprint density at radius 1 is 1.06 bits per heavy atom. The molecule has 1 aliphatic rings. The molecule has 2 aromatic rings. The monoisotopic (exact) mass is 425 g/mol. The number of benzene rings is 1. The largest absolute Gasteiger partial charge is 0.462 e. The normalized spacial score (nSPS) is 18.3. The fraction of sp³-hybridized carbons (Fsp3) is 0.391. The zero-order chi connectivity index (χ0) is 22.8. The van der Waals surface area contributed by atoms with Crippen molar-refractivity contribution in [2.24, 2.45) is 0 Å². The van der Waals surface area contributed by atoms with E-state index in [1.807, 2.05) is 30.3 Å². The zero-order valence-electron chi connectivity index (χ0n) is 18.2. The van der Waals surface area contributed by atoms with Crippen LogP contribution in [0.5, 0.6) is 0 Å². The molecule has 0 spiro atoms. The van der Waals surface area contributed by atoms with Gasteiger partial charge in [0, 0.05) is 11.4 Å². The molecule has 8 heteroatoms. The second kappa shape index (κ2) is 8.75. The van der Waals surface area contributed by atoms with Crippen molar-refractivity contribution in [1.29, 1.82) is 0 Å². The Balaban J connectivity index is 1.77. The molecule has 0 unspecified atom stereocenters. The second-order valence-electron chi connectivity index (χ2n) is 7.91. The highest BCUT2D eigenvalue weighted by atomic mass is 16.5. The van der Waals surface area contributed by atoms with E-state index >= 15 is 0 Å². The molecule has 164 valence electrons. The number of ketones is 1. The van der Waals surface area contributed by atoms with Crippen LogP contribution in [0.25, 0.3) is 0 Å². The predicted octanol–water partition coefficient (Wildman–Crippen LogP) is 2.93. The number of nitrogens with zero attached hydrogens (tertiary/aromatic N) is 1. The molecule has 1 aliphatic heterocycles. The molecule has 0 radical (unpaired) electrons. The second-order valence-corrected chi connectivity index (χ2v) is 7.91. The maximum Gasteiger partial charge on any atom is 0.340 e. The third-order valence-electron chi connectivity index (χ3n) is 5.54. The molecule has 31 heavy (non-hydrogen) atoms. The molecule has 2 N–H and O–H groups in total. The number of ether oxygens (including phenoxy) is 1. The van der Waals surface area contributed by atoms with Crippen LogP contribution in [0.15, 0.2) is 30.3 Å². The van der Waals surface area contributed by atoms with Gasteiger partial charge in [-0.1, -0.05) is 30.3 Å². The lowest BCUT2D eigenvalue weighted by Crippen LogP contribution is -2.44. The van der Waals surface area contributed by atoms with E-state index in [0.29, 0.717) is 24.2 Å². The number of carbonyl (C=O) groups excluding carboxylic acids is 4. The van der Waals surface area contributed by atoms with Gasteiger partial charge in [0.05, 0.1) is 24.3 Å². The van der Waals surface area contributed by atoms with Crippen molar-refractivity contribution in [3.05, 3.63) is 58.4 Å². The molecule has 1 aromatic heterocycles. The molecule has 1 atom stereocenters. The van der Waals surface area contributed by atoms with Crippen LogP contribution in [0.4, 0.5) is 4.79 Å². The Hall–Kier alpha value is -3.42. The number of aryl methyl sites for hydroxylation is 3. The van der Waals surface area contributed by atoms with Gasteiger partial charge in [-0.05, 0) is 46.1 Å². The van der Waals surface area contributed by atoms with Gasteiger partial charge in [0.1, 0.15) is 5.54 Å². The van der Waals surface area contributed by atoms with Crippen LogP contribution in [0.2, 0.25) is 0 Å². The summed E-state index contributed by atoms with van der Waals surface area (Å²) in [5.41, 5.74) is 1.24. The fourth-order valence-electron chi connectivity index (χ4n) is 3.91. The molecule has 1 aromatic carbocycles. The quantitative estimate of drug-likeness (QED) is 0.384. The SMILES string of the molecule is CCOC(=O)c1c(C)[nH]c(C)c1C(=O)CN1C(=O)N[C@@](C)(CCc2ccccc2)C1=O. The summed E-state index contributed by atoms with van der Waals surface area (Å²) in [5.74, 6) is -1.57. The maximum atomic E-state index is 13.0. The number of imide groups is 1. The highest BCUT2D eigenvalue weighted by Gasteiger charge is 2.48. The van der Waals surface area contributed by atoms with Crippen LogP contribution >= 0.6 is 0 Å². The van der Waals surface area contributed by atoms with Crippen LogP contribution in [0, 0.1) is 13.8 Å². The molecular formula is C23H27N3O5. The molecule has 0 aliphatic carbocycles. The number of amides is 3. The fourth-order valence-corrected chi connectivity index (χ4v) is 3.91. The lowest BCUT2D eigenvalue weighted by atomic mass is 9.93. The van der Waals surface area contributed by atoms with E-state index < -0.39 is 35.8 Å². The molecule has 3 rings (SSSR count). The average Bonchev–Trinajstić information content (AvgIpc) is 3.14. The summed E-state index contributed by atoms with van der Waals surface area (Å²) >= 11 is 0. The number of hydrogen-bond donors (Lipinski definition) is 2. The number of urea groups is 1. The van der Waals surface area contributed by atoms with Crippen molar-refractivity contribution in [2.45, 2.75) is 46.1 Å². The first-order chi connectivity index (χ1) is 14.7.